The van der Waals surface area contributed by atoms with Crippen molar-refractivity contribution < 1.29 is 19.1 Å². The molecule has 0 fully saturated rings. The summed E-state index contributed by atoms with van der Waals surface area (Å²) in [4.78, 5) is 38.5. The third kappa shape index (κ3) is 4.73. The van der Waals surface area contributed by atoms with Crippen molar-refractivity contribution in [3.63, 3.8) is 0 Å². The Kier molecular flexibility index (Phi) is 6.34. The zero-order valence-corrected chi connectivity index (χ0v) is 16.2. The Morgan fingerprint density at radius 3 is 2.19 bits per heavy atom. The second-order valence-corrected chi connectivity index (χ2v) is 6.53. The van der Waals surface area contributed by atoms with Gasteiger partial charge in [-0.25, -0.2) is 0 Å². The number of ether oxygens (including phenoxy) is 1. The molecule has 1 N–H and O–H groups in total. The summed E-state index contributed by atoms with van der Waals surface area (Å²) in [6, 6.07) is 11.5. The molecule has 27 heavy (non-hydrogen) atoms. The van der Waals surface area contributed by atoms with E-state index in [0.29, 0.717) is 22.7 Å². The molecular weight excluding hydrogens is 344 g/mol. The van der Waals surface area contributed by atoms with E-state index in [1.807, 2.05) is 20.8 Å². The number of Topliss-reactive ketones (excluding diaryl/α,β-unsaturated/α-hetero) is 1. The Bertz CT molecular complexity index is 857. The molecule has 0 saturated heterocycles. The van der Waals surface area contributed by atoms with Gasteiger partial charge in [-0.15, -0.1) is 0 Å². The van der Waals surface area contributed by atoms with Gasteiger partial charge in [0.15, 0.2) is 0 Å². The first kappa shape index (κ1) is 20.2. The smallest absolute Gasteiger partial charge is 0.299 e. The Balaban J connectivity index is 2.46. The van der Waals surface area contributed by atoms with Crippen molar-refractivity contribution in [2.75, 3.05) is 17.3 Å². The normalized spacial score (nSPS) is 10.4. The summed E-state index contributed by atoms with van der Waals surface area (Å²) < 4.78 is 5.37. The highest BCUT2D eigenvalue weighted by Gasteiger charge is 2.29. The molecule has 142 valence electrons. The van der Waals surface area contributed by atoms with Crippen LogP contribution in [0.3, 0.4) is 0 Å². The quantitative estimate of drug-likeness (QED) is 0.624. The molecule has 2 amide bonds. The van der Waals surface area contributed by atoms with Crippen molar-refractivity contribution in [3.8, 4) is 5.75 Å². The minimum absolute atomic E-state index is 0.232. The van der Waals surface area contributed by atoms with Crippen LogP contribution in [0.15, 0.2) is 42.5 Å². The lowest BCUT2D eigenvalue weighted by Crippen LogP contribution is -2.41. The summed E-state index contributed by atoms with van der Waals surface area (Å²) in [5.74, 6) is -1.06. The van der Waals surface area contributed by atoms with Crippen molar-refractivity contribution in [1.29, 1.82) is 0 Å². The van der Waals surface area contributed by atoms with Gasteiger partial charge in [-0.3, -0.25) is 19.3 Å². The largest absolute Gasteiger partial charge is 0.495 e. The Morgan fingerprint density at radius 2 is 1.67 bits per heavy atom. The number of hydrogen-bond acceptors (Lipinski definition) is 4. The molecule has 2 rings (SSSR count). The summed E-state index contributed by atoms with van der Waals surface area (Å²) in [5.41, 5.74) is 2.27. The Hall–Kier alpha value is -3.15. The minimum atomic E-state index is -0.660. The van der Waals surface area contributed by atoms with Crippen LogP contribution in [0.5, 0.6) is 5.75 Å². The highest BCUT2D eigenvalue weighted by Crippen LogP contribution is 2.33. The summed E-state index contributed by atoms with van der Waals surface area (Å²) in [7, 11) is 1.49. The van der Waals surface area contributed by atoms with Crippen LogP contribution in [0.25, 0.3) is 0 Å². The van der Waals surface area contributed by atoms with Gasteiger partial charge < -0.3 is 10.1 Å². The van der Waals surface area contributed by atoms with Crippen LogP contribution in [0, 0.1) is 6.92 Å². The number of ketones is 1. The van der Waals surface area contributed by atoms with Crippen LogP contribution in [-0.4, -0.2) is 30.7 Å². The molecule has 0 bridgehead atoms. The number of rotatable bonds is 6. The average molecular weight is 368 g/mol. The summed E-state index contributed by atoms with van der Waals surface area (Å²) in [6.45, 7) is 6.93. The molecule has 2 aromatic rings. The predicted molar refractivity (Wildman–Crippen MR) is 105 cm³/mol. The maximum Gasteiger partial charge on any atom is 0.299 e. The van der Waals surface area contributed by atoms with Crippen molar-refractivity contribution in [1.82, 2.24) is 0 Å². The van der Waals surface area contributed by atoms with Crippen LogP contribution in [0.2, 0.25) is 0 Å². The number of hydrogen-bond donors (Lipinski definition) is 1. The summed E-state index contributed by atoms with van der Waals surface area (Å²) >= 11 is 0. The van der Waals surface area contributed by atoms with Gasteiger partial charge in [0.2, 0.25) is 5.91 Å². The fraction of sp³-hybridized carbons (Fsp3) is 0.286. The third-order valence-corrected chi connectivity index (χ3v) is 4.00. The highest BCUT2D eigenvalue weighted by atomic mass is 16.5. The molecule has 0 spiro atoms. The Labute approximate surface area is 159 Å². The van der Waals surface area contributed by atoms with E-state index < -0.39 is 11.7 Å². The lowest BCUT2D eigenvalue weighted by Gasteiger charge is -2.28. The highest BCUT2D eigenvalue weighted by molar-refractivity contribution is 6.47. The number of benzene rings is 2. The molecule has 0 aromatic heterocycles. The van der Waals surface area contributed by atoms with Gasteiger partial charge in [-0.2, -0.15) is 0 Å². The molecule has 0 saturated carbocycles. The SMILES string of the molecule is COc1ccc(NC(C)=O)cc1N(C(=O)C(=O)c1ccc(C)cc1)C(C)C. The van der Waals surface area contributed by atoms with E-state index in [1.54, 1.807) is 42.5 Å². The maximum atomic E-state index is 13.0. The number of carbonyl (C=O) groups excluding carboxylic acids is 3. The molecular formula is C21H24N2O4. The molecule has 0 unspecified atom stereocenters. The molecule has 6 nitrogen and oxygen atoms in total. The lowest BCUT2D eigenvalue weighted by atomic mass is 10.1. The standard InChI is InChI=1S/C21H24N2O4/c1-13(2)23(21(26)20(25)16-8-6-14(3)7-9-16)18-12-17(22-15(4)24)10-11-19(18)27-5/h6-13H,1-5H3,(H,22,24). The topological polar surface area (TPSA) is 75.7 Å². The van der Waals surface area contributed by atoms with Crippen molar-refractivity contribution in [2.45, 2.75) is 33.7 Å². The first-order chi connectivity index (χ1) is 12.7. The monoisotopic (exact) mass is 368 g/mol. The van der Waals surface area contributed by atoms with Crippen molar-refractivity contribution in [2.24, 2.45) is 0 Å². The predicted octanol–water partition coefficient (Wildman–Crippen LogP) is 3.59. The van der Waals surface area contributed by atoms with E-state index in [2.05, 4.69) is 5.32 Å². The fourth-order valence-electron chi connectivity index (χ4n) is 2.72. The maximum absolute atomic E-state index is 13.0. The second-order valence-electron chi connectivity index (χ2n) is 6.53. The van der Waals surface area contributed by atoms with Crippen molar-refractivity contribution >= 4 is 29.0 Å². The molecule has 0 heterocycles. The van der Waals surface area contributed by atoms with E-state index in [9.17, 15) is 14.4 Å². The molecule has 2 aromatic carbocycles. The number of amides is 2. The summed E-state index contributed by atoms with van der Waals surface area (Å²) in [5, 5.41) is 2.68. The van der Waals surface area contributed by atoms with Crippen molar-refractivity contribution in [3.05, 3.63) is 53.6 Å². The van der Waals surface area contributed by atoms with E-state index in [-0.39, 0.29) is 11.9 Å². The first-order valence-electron chi connectivity index (χ1n) is 8.64. The third-order valence-electron chi connectivity index (χ3n) is 4.00. The molecule has 0 atom stereocenters. The van der Waals surface area contributed by atoms with Crippen LogP contribution in [-0.2, 0) is 9.59 Å². The number of methoxy groups -OCH3 is 1. The zero-order chi connectivity index (χ0) is 20.1. The molecule has 0 aliphatic carbocycles. The van der Waals surface area contributed by atoms with E-state index in [1.165, 1.54) is 18.9 Å². The Morgan fingerprint density at radius 1 is 1.04 bits per heavy atom. The zero-order valence-electron chi connectivity index (χ0n) is 16.2. The second kappa shape index (κ2) is 8.49. The number of carbonyl (C=O) groups is 3. The molecule has 6 heteroatoms. The van der Waals surface area contributed by atoms with Gasteiger partial charge in [0.25, 0.3) is 11.7 Å². The van der Waals surface area contributed by atoms with Gasteiger partial charge in [-0.1, -0.05) is 29.8 Å². The fourth-order valence-corrected chi connectivity index (χ4v) is 2.72. The van der Waals surface area contributed by atoms with E-state index in [4.69, 9.17) is 4.74 Å². The van der Waals surface area contributed by atoms with Gasteiger partial charge in [0.05, 0.1) is 12.8 Å². The van der Waals surface area contributed by atoms with Gasteiger partial charge in [0.1, 0.15) is 5.75 Å². The van der Waals surface area contributed by atoms with Crippen LogP contribution in [0.4, 0.5) is 11.4 Å². The number of anilines is 2. The lowest BCUT2D eigenvalue weighted by molar-refractivity contribution is -0.115. The van der Waals surface area contributed by atoms with Crippen LogP contribution >= 0.6 is 0 Å². The van der Waals surface area contributed by atoms with Crippen LogP contribution in [0.1, 0.15) is 36.7 Å². The number of nitrogens with zero attached hydrogens (tertiary/aromatic N) is 1. The summed E-state index contributed by atoms with van der Waals surface area (Å²) in [6.07, 6.45) is 0. The molecule has 0 aliphatic rings. The minimum Gasteiger partial charge on any atom is -0.495 e. The van der Waals surface area contributed by atoms with Gasteiger partial charge >= 0.3 is 0 Å². The van der Waals surface area contributed by atoms with E-state index in [0.717, 1.165) is 5.56 Å². The first-order valence-corrected chi connectivity index (χ1v) is 8.64. The number of nitrogens with one attached hydrogen (secondary N) is 1. The van der Waals surface area contributed by atoms with Crippen LogP contribution < -0.4 is 15.0 Å². The molecule has 0 radical (unpaired) electrons. The number of aryl methyl sites for hydroxylation is 1. The van der Waals surface area contributed by atoms with Gasteiger partial charge in [-0.05, 0) is 39.0 Å². The molecule has 0 aliphatic heterocycles. The van der Waals surface area contributed by atoms with Gasteiger partial charge in [0, 0.05) is 24.2 Å². The average Bonchev–Trinajstić information content (AvgIpc) is 2.61. The van der Waals surface area contributed by atoms with E-state index >= 15 is 0 Å².